The molecule has 2 heterocycles. The minimum absolute atomic E-state index is 0.282. The van der Waals surface area contributed by atoms with Gasteiger partial charge in [0.15, 0.2) is 0 Å². The number of piperidine rings is 1. The van der Waals surface area contributed by atoms with Crippen molar-refractivity contribution in [3.8, 4) is 0 Å². The highest BCUT2D eigenvalue weighted by atomic mass is 32.1. The maximum absolute atomic E-state index is 12.4. The van der Waals surface area contributed by atoms with E-state index in [0.717, 1.165) is 18.0 Å². The highest BCUT2D eigenvalue weighted by molar-refractivity contribution is 7.14. The number of hydrogen-bond acceptors (Lipinski definition) is 2. The van der Waals surface area contributed by atoms with E-state index in [0.29, 0.717) is 0 Å². The van der Waals surface area contributed by atoms with Gasteiger partial charge in [0.1, 0.15) is 0 Å². The van der Waals surface area contributed by atoms with E-state index in [1.54, 1.807) is 11.3 Å². The third kappa shape index (κ3) is 2.25. The smallest absolute Gasteiger partial charge is 0.263 e. The van der Waals surface area contributed by atoms with E-state index in [1.165, 1.54) is 55.4 Å². The van der Waals surface area contributed by atoms with E-state index in [1.807, 2.05) is 4.90 Å². The van der Waals surface area contributed by atoms with Gasteiger partial charge in [-0.15, -0.1) is 11.3 Å². The van der Waals surface area contributed by atoms with Gasteiger partial charge in [-0.1, -0.05) is 0 Å². The molecule has 1 aliphatic carbocycles. The first-order valence-electron chi connectivity index (χ1n) is 6.75. The monoisotopic (exact) mass is 249 g/mol. The molecule has 1 aromatic rings. The van der Waals surface area contributed by atoms with Crippen LogP contribution in [0.1, 0.15) is 52.2 Å². The van der Waals surface area contributed by atoms with Crippen molar-refractivity contribution in [2.24, 2.45) is 0 Å². The quantitative estimate of drug-likeness (QED) is 0.748. The van der Waals surface area contributed by atoms with Crippen molar-refractivity contribution >= 4 is 17.2 Å². The molecule has 1 fully saturated rings. The number of carbonyl (C=O) groups excluding carboxylic acids is 1. The van der Waals surface area contributed by atoms with Crippen molar-refractivity contribution in [3.63, 3.8) is 0 Å². The molecule has 0 N–H and O–H groups in total. The molecule has 0 atom stereocenters. The average Bonchev–Trinajstić information content (AvgIpc) is 2.82. The fourth-order valence-electron chi connectivity index (χ4n) is 2.85. The normalized spacial score (nSPS) is 20.1. The fraction of sp³-hybridized carbons (Fsp3) is 0.643. The number of rotatable bonds is 1. The highest BCUT2D eigenvalue weighted by Gasteiger charge is 2.22. The van der Waals surface area contributed by atoms with Gasteiger partial charge in [-0.25, -0.2) is 0 Å². The fourth-order valence-corrected chi connectivity index (χ4v) is 4.07. The molecule has 0 radical (unpaired) electrons. The van der Waals surface area contributed by atoms with Gasteiger partial charge in [-0.2, -0.15) is 0 Å². The van der Waals surface area contributed by atoms with Crippen LogP contribution in [0.4, 0.5) is 0 Å². The van der Waals surface area contributed by atoms with Crippen LogP contribution in [0.3, 0.4) is 0 Å². The topological polar surface area (TPSA) is 20.3 Å². The first kappa shape index (κ1) is 11.3. The third-order valence-corrected chi connectivity index (χ3v) is 5.08. The molecule has 0 spiro atoms. The molecule has 0 bridgehead atoms. The van der Waals surface area contributed by atoms with Crippen LogP contribution in [0, 0.1) is 0 Å². The van der Waals surface area contributed by atoms with Crippen LogP contribution in [-0.2, 0) is 12.8 Å². The number of amides is 1. The zero-order valence-corrected chi connectivity index (χ0v) is 11.0. The van der Waals surface area contributed by atoms with E-state index < -0.39 is 0 Å². The maximum Gasteiger partial charge on any atom is 0.263 e. The predicted octanol–water partition coefficient (Wildman–Crippen LogP) is 3.25. The summed E-state index contributed by atoms with van der Waals surface area (Å²) >= 11 is 1.75. The Morgan fingerprint density at radius 2 is 1.82 bits per heavy atom. The summed E-state index contributed by atoms with van der Waals surface area (Å²) in [6.07, 6.45) is 8.59. The van der Waals surface area contributed by atoms with Crippen molar-refractivity contribution in [3.05, 3.63) is 21.4 Å². The van der Waals surface area contributed by atoms with Crippen LogP contribution in [0.2, 0.25) is 0 Å². The summed E-state index contributed by atoms with van der Waals surface area (Å²) in [5.74, 6) is 0.282. The Morgan fingerprint density at radius 1 is 1.06 bits per heavy atom. The number of carbonyl (C=O) groups is 1. The second-order valence-electron chi connectivity index (χ2n) is 5.12. The molecule has 0 unspecified atom stereocenters. The lowest BCUT2D eigenvalue weighted by molar-refractivity contribution is 0.0729. The van der Waals surface area contributed by atoms with Gasteiger partial charge >= 0.3 is 0 Å². The molecule has 0 saturated carbocycles. The lowest BCUT2D eigenvalue weighted by Crippen LogP contribution is -2.35. The second kappa shape index (κ2) is 4.81. The Morgan fingerprint density at radius 3 is 2.59 bits per heavy atom. The van der Waals surface area contributed by atoms with Gasteiger partial charge in [0.2, 0.25) is 0 Å². The summed E-state index contributed by atoms with van der Waals surface area (Å²) in [6, 6.07) is 2.16. The standard InChI is InChI=1S/C14H19NOS/c16-14(15-8-4-1-5-9-15)13-10-11-6-2-3-7-12(11)17-13/h10H,1-9H2. The highest BCUT2D eigenvalue weighted by Crippen LogP contribution is 2.30. The van der Waals surface area contributed by atoms with E-state index >= 15 is 0 Å². The van der Waals surface area contributed by atoms with Crippen LogP contribution in [0.15, 0.2) is 6.07 Å². The van der Waals surface area contributed by atoms with E-state index in [-0.39, 0.29) is 5.91 Å². The Balaban J connectivity index is 1.78. The van der Waals surface area contributed by atoms with E-state index in [4.69, 9.17) is 0 Å². The summed E-state index contributed by atoms with van der Waals surface area (Å²) < 4.78 is 0. The summed E-state index contributed by atoms with van der Waals surface area (Å²) in [5.41, 5.74) is 1.45. The summed E-state index contributed by atoms with van der Waals surface area (Å²) in [5, 5.41) is 0. The molecule has 2 aliphatic rings. The zero-order chi connectivity index (χ0) is 11.7. The molecule has 3 heteroatoms. The van der Waals surface area contributed by atoms with Crippen LogP contribution < -0.4 is 0 Å². The largest absolute Gasteiger partial charge is 0.338 e. The average molecular weight is 249 g/mol. The number of fused-ring (bicyclic) bond motifs is 1. The molecule has 1 amide bonds. The van der Waals surface area contributed by atoms with Crippen molar-refractivity contribution in [2.75, 3.05) is 13.1 Å². The number of aryl methyl sites for hydroxylation is 2. The first-order valence-corrected chi connectivity index (χ1v) is 7.57. The lowest BCUT2D eigenvalue weighted by atomic mass is 9.99. The molecule has 92 valence electrons. The second-order valence-corrected chi connectivity index (χ2v) is 6.26. The van der Waals surface area contributed by atoms with Gasteiger partial charge in [0.25, 0.3) is 5.91 Å². The molecule has 1 aromatic heterocycles. The molecule has 1 aliphatic heterocycles. The Hall–Kier alpha value is -0.830. The number of likely N-dealkylation sites (tertiary alicyclic amines) is 1. The van der Waals surface area contributed by atoms with E-state index in [9.17, 15) is 4.79 Å². The molecule has 3 rings (SSSR count). The number of nitrogens with zero attached hydrogens (tertiary/aromatic N) is 1. The van der Waals surface area contributed by atoms with Crippen molar-refractivity contribution in [1.82, 2.24) is 4.90 Å². The molecular weight excluding hydrogens is 230 g/mol. The van der Waals surface area contributed by atoms with Gasteiger partial charge in [-0.3, -0.25) is 4.79 Å². The zero-order valence-electron chi connectivity index (χ0n) is 10.2. The van der Waals surface area contributed by atoms with Crippen molar-refractivity contribution < 1.29 is 4.79 Å². The Labute approximate surface area is 107 Å². The van der Waals surface area contributed by atoms with Gasteiger partial charge < -0.3 is 4.90 Å². The summed E-state index contributed by atoms with van der Waals surface area (Å²) in [7, 11) is 0. The lowest BCUT2D eigenvalue weighted by Gasteiger charge is -2.26. The minimum Gasteiger partial charge on any atom is -0.338 e. The number of hydrogen-bond donors (Lipinski definition) is 0. The summed E-state index contributed by atoms with van der Waals surface area (Å²) in [6.45, 7) is 1.92. The first-order chi connectivity index (χ1) is 8.34. The third-order valence-electron chi connectivity index (χ3n) is 3.85. The van der Waals surface area contributed by atoms with Gasteiger partial charge in [-0.05, 0) is 56.6 Å². The number of thiophene rings is 1. The molecule has 17 heavy (non-hydrogen) atoms. The Kier molecular flexibility index (Phi) is 3.19. The molecule has 0 aromatic carbocycles. The minimum atomic E-state index is 0.282. The van der Waals surface area contributed by atoms with Crippen LogP contribution in [0.25, 0.3) is 0 Å². The van der Waals surface area contributed by atoms with Crippen LogP contribution >= 0.6 is 11.3 Å². The van der Waals surface area contributed by atoms with E-state index in [2.05, 4.69) is 6.07 Å². The molecule has 1 saturated heterocycles. The summed E-state index contributed by atoms with van der Waals surface area (Å²) in [4.78, 5) is 16.9. The maximum atomic E-state index is 12.4. The van der Waals surface area contributed by atoms with Gasteiger partial charge in [0.05, 0.1) is 4.88 Å². The molecular formula is C14H19NOS. The van der Waals surface area contributed by atoms with Gasteiger partial charge in [0, 0.05) is 18.0 Å². The Bertz CT molecular complexity index is 394. The SMILES string of the molecule is O=C(c1cc2c(s1)CCCC2)N1CCCCC1. The van der Waals surface area contributed by atoms with Crippen molar-refractivity contribution in [1.29, 1.82) is 0 Å². The van der Waals surface area contributed by atoms with Crippen LogP contribution in [-0.4, -0.2) is 23.9 Å². The van der Waals surface area contributed by atoms with Crippen LogP contribution in [0.5, 0.6) is 0 Å². The molecule has 2 nitrogen and oxygen atoms in total. The van der Waals surface area contributed by atoms with Crippen molar-refractivity contribution in [2.45, 2.75) is 44.9 Å². The predicted molar refractivity (Wildman–Crippen MR) is 70.7 cm³/mol.